The lowest BCUT2D eigenvalue weighted by atomic mass is 10.2. The van der Waals surface area contributed by atoms with Crippen molar-refractivity contribution in [1.82, 2.24) is 14.9 Å². The fraction of sp³-hybridized carbons (Fsp3) is 0.400. The van der Waals surface area contributed by atoms with Crippen LogP contribution in [0.25, 0.3) is 0 Å². The van der Waals surface area contributed by atoms with Crippen LogP contribution in [0.2, 0.25) is 0 Å². The Kier molecular flexibility index (Phi) is 3.25. The summed E-state index contributed by atoms with van der Waals surface area (Å²) in [5, 5.41) is 3.43. The second-order valence-corrected chi connectivity index (χ2v) is 5.25. The van der Waals surface area contributed by atoms with E-state index in [9.17, 15) is 0 Å². The summed E-state index contributed by atoms with van der Waals surface area (Å²) in [5.41, 5.74) is 1.18. The molecule has 1 atom stereocenters. The largest absolute Gasteiger partial charge is 0.454 e. The van der Waals surface area contributed by atoms with Gasteiger partial charge in [0.15, 0.2) is 11.5 Å². The highest BCUT2D eigenvalue weighted by Gasteiger charge is 2.19. The van der Waals surface area contributed by atoms with Crippen LogP contribution >= 0.6 is 0 Å². The molecule has 0 bridgehead atoms. The van der Waals surface area contributed by atoms with E-state index in [-0.39, 0.29) is 6.10 Å². The number of hydrogen-bond donors (Lipinski definition) is 1. The number of nitrogens with one attached hydrogen (secondary N) is 1. The molecule has 1 aromatic heterocycles. The first-order valence-electron chi connectivity index (χ1n) is 7.09. The third-order valence-corrected chi connectivity index (χ3v) is 3.79. The van der Waals surface area contributed by atoms with E-state index in [4.69, 9.17) is 14.2 Å². The van der Waals surface area contributed by atoms with Gasteiger partial charge in [-0.2, -0.15) is 0 Å². The number of aromatic nitrogens is 2. The van der Waals surface area contributed by atoms with Crippen molar-refractivity contribution in [3.05, 3.63) is 42.0 Å². The number of ether oxygens (including phenoxy) is 3. The maximum absolute atomic E-state index is 5.78. The van der Waals surface area contributed by atoms with Gasteiger partial charge in [0.1, 0.15) is 12.4 Å². The number of rotatable bonds is 4. The predicted molar refractivity (Wildman–Crippen MR) is 75.1 cm³/mol. The van der Waals surface area contributed by atoms with Crippen LogP contribution in [-0.2, 0) is 24.4 Å². The molecule has 2 aliphatic heterocycles. The third-order valence-electron chi connectivity index (χ3n) is 3.79. The molecule has 0 spiro atoms. The van der Waals surface area contributed by atoms with Gasteiger partial charge >= 0.3 is 0 Å². The van der Waals surface area contributed by atoms with E-state index in [0.29, 0.717) is 13.4 Å². The first kappa shape index (κ1) is 12.7. The van der Waals surface area contributed by atoms with E-state index < -0.39 is 0 Å². The average molecular weight is 287 g/mol. The van der Waals surface area contributed by atoms with Crippen LogP contribution in [-0.4, -0.2) is 29.0 Å². The standard InChI is InChI=1S/C15H17N3O3/c1-2-13-14(21-10-20-13)5-11(1)6-16-7-12-8-18-4-3-17-15(18)9-19-12/h1-5,12,16H,6-10H2/t12-/m0/s1. The second kappa shape index (κ2) is 5.38. The minimum absolute atomic E-state index is 0.181. The van der Waals surface area contributed by atoms with Gasteiger partial charge in [0.05, 0.1) is 12.6 Å². The molecule has 0 radical (unpaired) electrons. The SMILES string of the molecule is c1cn2c(n1)CO[C@@H](CNCc1ccc3c(c1)OCO3)C2. The Bertz CT molecular complexity index is 641. The summed E-state index contributed by atoms with van der Waals surface area (Å²) < 4.78 is 18.6. The quantitative estimate of drug-likeness (QED) is 0.918. The molecule has 0 unspecified atom stereocenters. The van der Waals surface area contributed by atoms with Crippen molar-refractivity contribution in [1.29, 1.82) is 0 Å². The fourth-order valence-electron chi connectivity index (χ4n) is 2.66. The first-order chi connectivity index (χ1) is 10.4. The number of imidazole rings is 1. The molecule has 0 fully saturated rings. The van der Waals surface area contributed by atoms with E-state index in [2.05, 4.69) is 20.9 Å². The van der Waals surface area contributed by atoms with Crippen molar-refractivity contribution >= 4 is 0 Å². The minimum Gasteiger partial charge on any atom is -0.454 e. The van der Waals surface area contributed by atoms with E-state index in [1.165, 1.54) is 5.56 Å². The summed E-state index contributed by atoms with van der Waals surface area (Å²) in [6, 6.07) is 6.02. The molecule has 1 aromatic carbocycles. The Morgan fingerprint density at radius 1 is 1.29 bits per heavy atom. The summed E-state index contributed by atoms with van der Waals surface area (Å²) in [5.74, 6) is 2.65. The minimum atomic E-state index is 0.181. The van der Waals surface area contributed by atoms with Gasteiger partial charge in [-0.25, -0.2) is 4.98 Å². The highest BCUT2D eigenvalue weighted by molar-refractivity contribution is 5.44. The second-order valence-electron chi connectivity index (χ2n) is 5.25. The topological polar surface area (TPSA) is 57.5 Å². The molecule has 2 aromatic rings. The summed E-state index contributed by atoms with van der Waals surface area (Å²) in [6.07, 6.45) is 4.00. The van der Waals surface area contributed by atoms with Gasteiger partial charge in [-0.05, 0) is 17.7 Å². The maximum atomic E-state index is 5.78. The van der Waals surface area contributed by atoms with Crippen molar-refractivity contribution in [2.24, 2.45) is 0 Å². The molecule has 4 rings (SSSR count). The highest BCUT2D eigenvalue weighted by Crippen LogP contribution is 2.32. The molecule has 110 valence electrons. The summed E-state index contributed by atoms with van der Waals surface area (Å²) >= 11 is 0. The number of fused-ring (bicyclic) bond motifs is 2. The number of nitrogens with zero attached hydrogens (tertiary/aromatic N) is 2. The lowest BCUT2D eigenvalue weighted by molar-refractivity contribution is 0.00278. The molecule has 6 heteroatoms. The molecule has 0 saturated heterocycles. The van der Waals surface area contributed by atoms with Crippen molar-refractivity contribution in [2.45, 2.75) is 25.8 Å². The third kappa shape index (κ3) is 2.59. The van der Waals surface area contributed by atoms with Crippen LogP contribution < -0.4 is 14.8 Å². The van der Waals surface area contributed by atoms with Gasteiger partial charge in [0.2, 0.25) is 6.79 Å². The van der Waals surface area contributed by atoms with E-state index in [1.807, 2.05) is 24.5 Å². The van der Waals surface area contributed by atoms with E-state index in [0.717, 1.165) is 37.0 Å². The molecule has 6 nitrogen and oxygen atoms in total. The zero-order valence-corrected chi connectivity index (χ0v) is 11.6. The van der Waals surface area contributed by atoms with Gasteiger partial charge in [-0.1, -0.05) is 6.07 Å². The normalized spacial score (nSPS) is 19.5. The maximum Gasteiger partial charge on any atom is 0.231 e. The molecular weight excluding hydrogens is 270 g/mol. The molecule has 2 aliphatic rings. The van der Waals surface area contributed by atoms with Gasteiger partial charge in [0, 0.05) is 25.5 Å². The predicted octanol–water partition coefficient (Wildman–Crippen LogP) is 1.30. The Hall–Kier alpha value is -2.05. The highest BCUT2D eigenvalue weighted by atomic mass is 16.7. The summed E-state index contributed by atoms with van der Waals surface area (Å²) in [4.78, 5) is 4.24. The number of benzene rings is 1. The molecule has 0 aliphatic carbocycles. The van der Waals surface area contributed by atoms with Gasteiger partial charge in [0.25, 0.3) is 0 Å². The molecular formula is C15H17N3O3. The molecule has 21 heavy (non-hydrogen) atoms. The number of hydrogen-bond acceptors (Lipinski definition) is 5. The van der Waals surface area contributed by atoms with Gasteiger partial charge in [-0.3, -0.25) is 0 Å². The lowest BCUT2D eigenvalue weighted by Gasteiger charge is -2.24. The van der Waals surface area contributed by atoms with Crippen LogP contribution in [0.15, 0.2) is 30.6 Å². The van der Waals surface area contributed by atoms with Crippen molar-refractivity contribution < 1.29 is 14.2 Å². The Morgan fingerprint density at radius 2 is 2.24 bits per heavy atom. The zero-order chi connectivity index (χ0) is 14.1. The monoisotopic (exact) mass is 287 g/mol. The summed E-state index contributed by atoms with van der Waals surface area (Å²) in [6.45, 7) is 3.35. The van der Waals surface area contributed by atoms with Crippen LogP contribution in [0.4, 0.5) is 0 Å². The zero-order valence-electron chi connectivity index (χ0n) is 11.6. The van der Waals surface area contributed by atoms with Crippen LogP contribution in [0.5, 0.6) is 11.5 Å². The molecule has 0 saturated carbocycles. The fourth-order valence-corrected chi connectivity index (χ4v) is 2.66. The smallest absolute Gasteiger partial charge is 0.231 e. The lowest BCUT2D eigenvalue weighted by Crippen LogP contribution is -2.35. The average Bonchev–Trinajstić information content (AvgIpc) is 3.14. The Morgan fingerprint density at radius 3 is 3.24 bits per heavy atom. The van der Waals surface area contributed by atoms with Gasteiger partial charge < -0.3 is 24.1 Å². The van der Waals surface area contributed by atoms with E-state index >= 15 is 0 Å². The first-order valence-corrected chi connectivity index (χ1v) is 7.09. The molecule has 1 N–H and O–H groups in total. The Balaban J connectivity index is 1.30. The van der Waals surface area contributed by atoms with Crippen molar-refractivity contribution in [3.8, 4) is 11.5 Å². The summed E-state index contributed by atoms with van der Waals surface area (Å²) in [7, 11) is 0. The molecule has 3 heterocycles. The van der Waals surface area contributed by atoms with Crippen molar-refractivity contribution in [3.63, 3.8) is 0 Å². The van der Waals surface area contributed by atoms with Crippen LogP contribution in [0.3, 0.4) is 0 Å². The molecule has 0 amide bonds. The van der Waals surface area contributed by atoms with Crippen molar-refractivity contribution in [2.75, 3.05) is 13.3 Å². The van der Waals surface area contributed by atoms with E-state index in [1.54, 1.807) is 0 Å². The Labute approximate surface area is 122 Å². The van der Waals surface area contributed by atoms with Crippen LogP contribution in [0, 0.1) is 0 Å². The van der Waals surface area contributed by atoms with Crippen LogP contribution in [0.1, 0.15) is 11.4 Å². The van der Waals surface area contributed by atoms with Gasteiger partial charge in [-0.15, -0.1) is 0 Å².